The van der Waals surface area contributed by atoms with Gasteiger partial charge in [-0.05, 0) is 35.9 Å². The van der Waals surface area contributed by atoms with Gasteiger partial charge in [-0.25, -0.2) is 8.78 Å². The first-order valence-corrected chi connectivity index (χ1v) is 8.12. The van der Waals surface area contributed by atoms with E-state index < -0.39 is 11.6 Å². The second kappa shape index (κ2) is 7.82. The van der Waals surface area contributed by atoms with E-state index in [0.29, 0.717) is 40.0 Å². The Morgan fingerprint density at radius 1 is 1.26 bits per heavy atom. The molecule has 5 nitrogen and oxygen atoms in total. The molecule has 0 saturated carbocycles. The average molecular weight is 369 g/mol. The van der Waals surface area contributed by atoms with Gasteiger partial charge in [0.05, 0.1) is 29.3 Å². The van der Waals surface area contributed by atoms with Crippen molar-refractivity contribution in [1.29, 1.82) is 0 Å². The van der Waals surface area contributed by atoms with E-state index in [1.165, 1.54) is 13.2 Å². The molecule has 0 unspecified atom stereocenters. The molecule has 3 rings (SSSR count). The number of carbonyl (C=O) groups is 1. The van der Waals surface area contributed by atoms with Gasteiger partial charge in [0.15, 0.2) is 11.6 Å². The molecule has 0 atom stereocenters. The Hall–Kier alpha value is -3.48. The van der Waals surface area contributed by atoms with Crippen LogP contribution in [0, 0.1) is 11.6 Å². The van der Waals surface area contributed by atoms with Crippen LogP contribution in [0.2, 0.25) is 0 Å². The number of rotatable bonds is 6. The molecule has 2 N–H and O–H groups in total. The van der Waals surface area contributed by atoms with Crippen molar-refractivity contribution >= 4 is 29.0 Å². The Balaban J connectivity index is 2.03. The van der Waals surface area contributed by atoms with Crippen LogP contribution in [0.15, 0.2) is 43.0 Å². The molecule has 0 aliphatic heterocycles. The standard InChI is InChI=1S/C20H17F2N3O2/c1-3-10-23-20(26)13-6-9-17-18(19(13)27-2)16(24-25-17)8-5-12-4-7-14(21)15(22)11-12/h3-9,11H,1,10H2,2H3,(H,23,26)(H,24,25). The number of hydrogen-bond acceptors (Lipinski definition) is 3. The maximum atomic E-state index is 13.4. The van der Waals surface area contributed by atoms with E-state index in [-0.39, 0.29) is 5.91 Å². The fraction of sp³-hybridized carbons (Fsp3) is 0.100. The van der Waals surface area contributed by atoms with Gasteiger partial charge in [-0.15, -0.1) is 6.58 Å². The van der Waals surface area contributed by atoms with Gasteiger partial charge in [0.25, 0.3) is 5.91 Å². The molecule has 138 valence electrons. The monoisotopic (exact) mass is 369 g/mol. The summed E-state index contributed by atoms with van der Waals surface area (Å²) in [5.41, 5.74) is 2.02. The molecule has 27 heavy (non-hydrogen) atoms. The van der Waals surface area contributed by atoms with E-state index in [4.69, 9.17) is 4.74 Å². The number of hydrogen-bond donors (Lipinski definition) is 2. The third-order valence-corrected chi connectivity index (χ3v) is 3.94. The van der Waals surface area contributed by atoms with Gasteiger partial charge in [0.2, 0.25) is 0 Å². The molecular formula is C20H17F2N3O2. The van der Waals surface area contributed by atoms with Gasteiger partial charge in [0, 0.05) is 6.54 Å². The predicted molar refractivity (Wildman–Crippen MR) is 100 cm³/mol. The van der Waals surface area contributed by atoms with Crippen LogP contribution in [0.1, 0.15) is 21.6 Å². The zero-order chi connectivity index (χ0) is 19.4. The summed E-state index contributed by atoms with van der Waals surface area (Å²) in [7, 11) is 1.47. The lowest BCUT2D eigenvalue weighted by atomic mass is 10.1. The van der Waals surface area contributed by atoms with E-state index in [1.54, 1.807) is 30.4 Å². The predicted octanol–water partition coefficient (Wildman–Crippen LogP) is 3.94. The minimum absolute atomic E-state index is 0.301. The van der Waals surface area contributed by atoms with Gasteiger partial charge < -0.3 is 10.1 Å². The average Bonchev–Trinajstić information content (AvgIpc) is 3.09. The van der Waals surface area contributed by atoms with E-state index in [0.717, 1.165) is 12.1 Å². The Morgan fingerprint density at radius 3 is 2.78 bits per heavy atom. The number of H-pyrrole nitrogens is 1. The number of amides is 1. The zero-order valence-corrected chi connectivity index (χ0v) is 14.6. The number of halogens is 2. The Bertz CT molecular complexity index is 1040. The third-order valence-electron chi connectivity index (χ3n) is 3.94. The number of carbonyl (C=O) groups excluding carboxylic acids is 1. The van der Waals surface area contributed by atoms with Gasteiger partial charge in [-0.1, -0.05) is 18.2 Å². The SMILES string of the molecule is C=CCNC(=O)c1ccc2[nH]nc(C=Cc3ccc(F)c(F)c3)c2c1OC. The highest BCUT2D eigenvalue weighted by Gasteiger charge is 2.18. The lowest BCUT2D eigenvalue weighted by Gasteiger charge is -2.10. The lowest BCUT2D eigenvalue weighted by Crippen LogP contribution is -2.23. The first-order chi connectivity index (χ1) is 13.0. The summed E-state index contributed by atoms with van der Waals surface area (Å²) in [4.78, 5) is 12.3. The highest BCUT2D eigenvalue weighted by Crippen LogP contribution is 2.32. The van der Waals surface area contributed by atoms with Gasteiger partial charge in [-0.3, -0.25) is 9.89 Å². The number of methoxy groups -OCH3 is 1. The molecule has 0 fully saturated rings. The molecule has 3 aromatic rings. The second-order valence-electron chi connectivity index (χ2n) is 5.68. The molecule has 1 heterocycles. The summed E-state index contributed by atoms with van der Waals surface area (Å²) in [6, 6.07) is 6.96. The van der Waals surface area contributed by atoms with Crippen LogP contribution in [-0.2, 0) is 0 Å². The topological polar surface area (TPSA) is 67.0 Å². The van der Waals surface area contributed by atoms with Crippen LogP contribution in [0.4, 0.5) is 8.78 Å². The molecule has 7 heteroatoms. The normalized spacial score (nSPS) is 11.1. The quantitative estimate of drug-likeness (QED) is 0.647. The van der Waals surface area contributed by atoms with Crippen molar-refractivity contribution in [3.05, 3.63) is 71.4 Å². The van der Waals surface area contributed by atoms with Crippen molar-refractivity contribution in [3.8, 4) is 5.75 Å². The Kier molecular flexibility index (Phi) is 5.30. The number of ether oxygens (including phenoxy) is 1. The molecule has 0 bridgehead atoms. The zero-order valence-electron chi connectivity index (χ0n) is 14.6. The van der Waals surface area contributed by atoms with Crippen molar-refractivity contribution in [3.63, 3.8) is 0 Å². The van der Waals surface area contributed by atoms with Crippen molar-refractivity contribution < 1.29 is 18.3 Å². The van der Waals surface area contributed by atoms with Crippen LogP contribution in [0.5, 0.6) is 5.75 Å². The highest BCUT2D eigenvalue weighted by atomic mass is 19.2. The molecule has 0 aliphatic carbocycles. The van der Waals surface area contributed by atoms with Crippen LogP contribution in [0.25, 0.3) is 23.1 Å². The number of benzene rings is 2. The van der Waals surface area contributed by atoms with Crippen molar-refractivity contribution in [2.75, 3.05) is 13.7 Å². The number of fused-ring (bicyclic) bond motifs is 1. The summed E-state index contributed by atoms with van der Waals surface area (Å²) in [6.45, 7) is 3.90. The minimum atomic E-state index is -0.928. The Labute approximate surface area is 154 Å². The second-order valence-corrected chi connectivity index (χ2v) is 5.68. The van der Waals surface area contributed by atoms with Gasteiger partial charge in [0.1, 0.15) is 5.75 Å². The van der Waals surface area contributed by atoms with Crippen LogP contribution < -0.4 is 10.1 Å². The molecule has 0 saturated heterocycles. The summed E-state index contributed by atoms with van der Waals surface area (Å²) in [5.74, 6) is -1.77. The third kappa shape index (κ3) is 3.72. The van der Waals surface area contributed by atoms with Crippen LogP contribution in [-0.4, -0.2) is 29.8 Å². The molecule has 2 aromatic carbocycles. The van der Waals surface area contributed by atoms with E-state index in [9.17, 15) is 13.6 Å². The fourth-order valence-corrected chi connectivity index (χ4v) is 2.67. The van der Waals surface area contributed by atoms with Crippen molar-refractivity contribution in [2.45, 2.75) is 0 Å². The molecule has 0 radical (unpaired) electrons. The summed E-state index contributed by atoms with van der Waals surface area (Å²) >= 11 is 0. The van der Waals surface area contributed by atoms with Gasteiger partial charge >= 0.3 is 0 Å². The van der Waals surface area contributed by atoms with Crippen LogP contribution in [0.3, 0.4) is 0 Å². The summed E-state index contributed by atoms with van der Waals surface area (Å²) in [5, 5.41) is 10.4. The molecular weight excluding hydrogens is 352 g/mol. The number of aromatic nitrogens is 2. The lowest BCUT2D eigenvalue weighted by molar-refractivity contribution is 0.0955. The highest BCUT2D eigenvalue weighted by molar-refractivity contribution is 6.05. The summed E-state index contributed by atoms with van der Waals surface area (Å²) < 4.78 is 31.9. The van der Waals surface area contributed by atoms with E-state index >= 15 is 0 Å². The van der Waals surface area contributed by atoms with Gasteiger partial charge in [-0.2, -0.15) is 5.10 Å². The van der Waals surface area contributed by atoms with E-state index in [1.807, 2.05) is 0 Å². The smallest absolute Gasteiger partial charge is 0.255 e. The summed E-state index contributed by atoms with van der Waals surface area (Å²) in [6.07, 6.45) is 4.82. The number of aromatic amines is 1. The molecule has 1 amide bonds. The molecule has 1 aromatic heterocycles. The van der Waals surface area contributed by atoms with Crippen molar-refractivity contribution in [1.82, 2.24) is 15.5 Å². The first kappa shape index (κ1) is 18.3. The maximum absolute atomic E-state index is 13.4. The molecule has 0 aliphatic rings. The maximum Gasteiger partial charge on any atom is 0.255 e. The largest absolute Gasteiger partial charge is 0.495 e. The fourth-order valence-electron chi connectivity index (χ4n) is 2.67. The Morgan fingerprint density at radius 2 is 2.07 bits per heavy atom. The first-order valence-electron chi connectivity index (χ1n) is 8.12. The van der Waals surface area contributed by atoms with E-state index in [2.05, 4.69) is 22.1 Å². The number of nitrogens with one attached hydrogen (secondary N) is 2. The van der Waals surface area contributed by atoms with Crippen molar-refractivity contribution in [2.24, 2.45) is 0 Å². The molecule has 0 spiro atoms. The van der Waals surface area contributed by atoms with Crippen LogP contribution >= 0.6 is 0 Å². The number of nitrogens with zero attached hydrogens (tertiary/aromatic N) is 1. The minimum Gasteiger partial charge on any atom is -0.495 e.